The average Bonchev–Trinajstić information content (AvgIpc) is 3.58. The molecule has 1 amide bonds. The van der Waals surface area contributed by atoms with Crippen LogP contribution in [0.3, 0.4) is 0 Å². The lowest BCUT2D eigenvalue weighted by molar-refractivity contribution is -0.138. The van der Waals surface area contributed by atoms with Gasteiger partial charge in [-0.2, -0.15) is 4.31 Å². The Labute approximate surface area is 186 Å². The molecular formula is C25H32N2O3S. The van der Waals surface area contributed by atoms with Crippen molar-refractivity contribution in [3.05, 3.63) is 64.7 Å². The van der Waals surface area contributed by atoms with Crippen LogP contribution in [0.1, 0.15) is 47.9 Å². The van der Waals surface area contributed by atoms with Crippen LogP contribution in [0.15, 0.2) is 47.4 Å². The Morgan fingerprint density at radius 2 is 1.55 bits per heavy atom. The van der Waals surface area contributed by atoms with Crippen LogP contribution in [-0.2, 0) is 21.4 Å². The van der Waals surface area contributed by atoms with E-state index in [4.69, 9.17) is 0 Å². The third-order valence-corrected chi connectivity index (χ3v) is 8.55. The van der Waals surface area contributed by atoms with E-state index in [0.29, 0.717) is 43.4 Å². The number of piperidine rings is 1. The minimum atomic E-state index is -3.53. The van der Waals surface area contributed by atoms with Gasteiger partial charge in [0.25, 0.3) is 0 Å². The summed E-state index contributed by atoms with van der Waals surface area (Å²) in [5, 5.41) is 0. The van der Waals surface area contributed by atoms with Gasteiger partial charge in [0.05, 0.1) is 4.90 Å². The first-order valence-electron chi connectivity index (χ1n) is 11.2. The molecule has 31 heavy (non-hydrogen) atoms. The number of nitrogens with zero attached hydrogens (tertiary/aromatic N) is 2. The van der Waals surface area contributed by atoms with Crippen LogP contribution in [-0.4, -0.2) is 42.7 Å². The number of carbonyl (C=O) groups excluding carboxylic acids is 1. The lowest BCUT2D eigenvalue weighted by Gasteiger charge is -2.34. The lowest BCUT2D eigenvalue weighted by Crippen LogP contribution is -2.45. The number of sulfonamides is 1. The quantitative estimate of drug-likeness (QED) is 0.676. The van der Waals surface area contributed by atoms with Gasteiger partial charge in [0.2, 0.25) is 15.9 Å². The molecule has 1 aliphatic heterocycles. The fourth-order valence-corrected chi connectivity index (χ4v) is 6.14. The maximum atomic E-state index is 13.3. The van der Waals surface area contributed by atoms with E-state index in [1.807, 2.05) is 30.9 Å². The van der Waals surface area contributed by atoms with Gasteiger partial charge in [-0.15, -0.1) is 0 Å². The van der Waals surface area contributed by atoms with Crippen LogP contribution >= 0.6 is 0 Å². The first-order valence-corrected chi connectivity index (χ1v) is 12.6. The first-order chi connectivity index (χ1) is 14.8. The Balaban J connectivity index is 1.42. The Morgan fingerprint density at radius 3 is 2.13 bits per heavy atom. The zero-order chi connectivity index (χ0) is 22.2. The summed E-state index contributed by atoms with van der Waals surface area (Å²) in [5.74, 6) is 0.0863. The predicted octanol–water partition coefficient (Wildman–Crippen LogP) is 4.20. The summed E-state index contributed by atoms with van der Waals surface area (Å²) < 4.78 is 27.8. The summed E-state index contributed by atoms with van der Waals surface area (Å²) in [6.45, 7) is 7.31. The molecule has 5 nitrogen and oxygen atoms in total. The van der Waals surface area contributed by atoms with E-state index >= 15 is 0 Å². The molecule has 0 radical (unpaired) electrons. The summed E-state index contributed by atoms with van der Waals surface area (Å²) in [5.41, 5.74) is 4.19. The van der Waals surface area contributed by atoms with Gasteiger partial charge in [-0.25, -0.2) is 8.42 Å². The number of benzene rings is 2. The molecule has 1 saturated carbocycles. The molecule has 1 heterocycles. The smallest absolute Gasteiger partial charge is 0.243 e. The van der Waals surface area contributed by atoms with Crippen molar-refractivity contribution in [1.82, 2.24) is 9.21 Å². The molecule has 2 fully saturated rings. The SMILES string of the molecule is Cc1ccc(CN(C(=O)C2CCN(S(=O)(=O)c3ccc(C)cc3C)CC2)C2CC2)cc1. The standard InChI is InChI=1S/C25H32N2O3S/c1-18-4-7-21(8-5-18)17-27(23-9-10-23)25(28)22-12-14-26(15-13-22)31(29,30)24-11-6-19(2)16-20(24)3/h4-8,11,16,22-23H,9-10,12-15,17H2,1-3H3. The zero-order valence-corrected chi connectivity index (χ0v) is 19.5. The fraction of sp³-hybridized carbons (Fsp3) is 0.480. The maximum Gasteiger partial charge on any atom is 0.243 e. The minimum absolute atomic E-state index is 0.100. The fourth-order valence-electron chi connectivity index (χ4n) is 4.47. The van der Waals surface area contributed by atoms with Crippen molar-refractivity contribution in [1.29, 1.82) is 0 Å². The number of hydrogen-bond donors (Lipinski definition) is 0. The van der Waals surface area contributed by atoms with Crippen LogP contribution in [0.4, 0.5) is 0 Å². The first kappa shape index (κ1) is 22.0. The molecule has 6 heteroatoms. The highest BCUT2D eigenvalue weighted by atomic mass is 32.2. The third-order valence-electron chi connectivity index (χ3n) is 6.50. The molecule has 0 N–H and O–H groups in total. The molecule has 2 aliphatic rings. The van der Waals surface area contributed by atoms with E-state index in [-0.39, 0.29) is 11.8 Å². The second-order valence-electron chi connectivity index (χ2n) is 9.13. The molecule has 0 bridgehead atoms. The van der Waals surface area contributed by atoms with Gasteiger partial charge in [-0.05, 0) is 63.6 Å². The molecule has 1 saturated heterocycles. The topological polar surface area (TPSA) is 57.7 Å². The summed E-state index contributed by atoms with van der Waals surface area (Å²) in [7, 11) is -3.53. The lowest BCUT2D eigenvalue weighted by atomic mass is 9.96. The highest BCUT2D eigenvalue weighted by Crippen LogP contribution is 2.33. The maximum absolute atomic E-state index is 13.3. The molecule has 4 rings (SSSR count). The zero-order valence-electron chi connectivity index (χ0n) is 18.7. The van der Waals surface area contributed by atoms with Gasteiger partial charge in [0.1, 0.15) is 0 Å². The van der Waals surface area contributed by atoms with Crippen LogP contribution in [0, 0.1) is 26.7 Å². The van der Waals surface area contributed by atoms with Gasteiger partial charge < -0.3 is 4.90 Å². The van der Waals surface area contributed by atoms with Crippen LogP contribution < -0.4 is 0 Å². The van der Waals surface area contributed by atoms with Crippen molar-refractivity contribution in [3.63, 3.8) is 0 Å². The highest BCUT2D eigenvalue weighted by Gasteiger charge is 2.38. The van der Waals surface area contributed by atoms with Crippen molar-refractivity contribution in [2.45, 2.75) is 63.9 Å². The Kier molecular flexibility index (Phi) is 6.22. The van der Waals surface area contributed by atoms with Crippen molar-refractivity contribution in [3.8, 4) is 0 Å². The number of carbonyl (C=O) groups is 1. The van der Waals surface area contributed by atoms with Gasteiger partial charge in [-0.1, -0.05) is 47.5 Å². The highest BCUT2D eigenvalue weighted by molar-refractivity contribution is 7.89. The van der Waals surface area contributed by atoms with Crippen molar-refractivity contribution in [2.75, 3.05) is 13.1 Å². The van der Waals surface area contributed by atoms with Gasteiger partial charge in [0, 0.05) is 31.6 Å². The molecule has 2 aromatic rings. The summed E-state index contributed by atoms with van der Waals surface area (Å²) in [4.78, 5) is 15.7. The van der Waals surface area contributed by atoms with E-state index in [1.54, 1.807) is 10.4 Å². The molecule has 2 aromatic carbocycles. The third kappa shape index (κ3) is 4.85. The molecular weight excluding hydrogens is 408 g/mol. The number of amides is 1. The predicted molar refractivity (Wildman–Crippen MR) is 122 cm³/mol. The summed E-state index contributed by atoms with van der Waals surface area (Å²) >= 11 is 0. The van der Waals surface area contributed by atoms with Gasteiger partial charge >= 0.3 is 0 Å². The van der Waals surface area contributed by atoms with Crippen LogP contribution in [0.5, 0.6) is 0 Å². The van der Waals surface area contributed by atoms with Crippen LogP contribution in [0.25, 0.3) is 0 Å². The molecule has 0 aromatic heterocycles. The van der Waals surface area contributed by atoms with Crippen molar-refractivity contribution < 1.29 is 13.2 Å². The largest absolute Gasteiger partial charge is 0.335 e. The van der Waals surface area contributed by atoms with Crippen molar-refractivity contribution >= 4 is 15.9 Å². The molecule has 1 aliphatic carbocycles. The number of aryl methyl sites for hydroxylation is 3. The summed E-state index contributed by atoms with van der Waals surface area (Å²) in [6, 6.07) is 14.1. The van der Waals surface area contributed by atoms with E-state index < -0.39 is 10.0 Å². The molecule has 166 valence electrons. The van der Waals surface area contributed by atoms with E-state index in [0.717, 1.165) is 29.5 Å². The van der Waals surface area contributed by atoms with Gasteiger partial charge in [-0.3, -0.25) is 4.79 Å². The molecule has 0 spiro atoms. The number of hydrogen-bond acceptors (Lipinski definition) is 3. The minimum Gasteiger partial charge on any atom is -0.335 e. The monoisotopic (exact) mass is 440 g/mol. The Morgan fingerprint density at radius 1 is 0.935 bits per heavy atom. The van der Waals surface area contributed by atoms with E-state index in [2.05, 4.69) is 31.2 Å². The molecule has 0 atom stereocenters. The van der Waals surface area contributed by atoms with Crippen LogP contribution in [0.2, 0.25) is 0 Å². The summed E-state index contributed by atoms with van der Waals surface area (Å²) in [6.07, 6.45) is 3.30. The van der Waals surface area contributed by atoms with E-state index in [9.17, 15) is 13.2 Å². The average molecular weight is 441 g/mol. The number of rotatable bonds is 6. The van der Waals surface area contributed by atoms with E-state index in [1.165, 1.54) is 5.56 Å². The van der Waals surface area contributed by atoms with Crippen molar-refractivity contribution in [2.24, 2.45) is 5.92 Å². The molecule has 0 unspecified atom stereocenters. The second kappa shape index (κ2) is 8.75. The Hall–Kier alpha value is -2.18. The Bertz CT molecular complexity index is 1050. The normalized spacial score (nSPS) is 18.2. The van der Waals surface area contributed by atoms with Gasteiger partial charge in [0.15, 0.2) is 0 Å². The second-order valence-corrected chi connectivity index (χ2v) is 11.0.